The molecule has 2 N–H and O–H groups in total. The van der Waals surface area contributed by atoms with Gasteiger partial charge in [0, 0.05) is 31.2 Å². The maximum absolute atomic E-state index is 11.7. The molecule has 5 atom stereocenters. The smallest absolute Gasteiger partial charge is 0.191 e. The van der Waals surface area contributed by atoms with Crippen LogP contribution in [0.5, 0.6) is 0 Å². The topological polar surface area (TPSA) is 79.8 Å². The van der Waals surface area contributed by atoms with E-state index in [1.807, 2.05) is 0 Å². The van der Waals surface area contributed by atoms with E-state index in [1.165, 1.54) is 25.7 Å². The number of methoxy groups -OCH3 is 1. The van der Waals surface area contributed by atoms with E-state index >= 15 is 0 Å². The SMILES string of the molecule is COC1CC(NC(=NCC2CCS(=O)(=O)C2)NC2CCCCC2C)C1(C)C. The van der Waals surface area contributed by atoms with Crippen LogP contribution in [0.1, 0.15) is 59.3 Å². The van der Waals surface area contributed by atoms with Crippen molar-refractivity contribution in [3.05, 3.63) is 0 Å². The second-order valence-corrected chi connectivity index (χ2v) is 11.7. The second-order valence-electron chi connectivity index (χ2n) is 9.45. The summed E-state index contributed by atoms with van der Waals surface area (Å²) in [6.07, 6.45) is 6.98. The van der Waals surface area contributed by atoms with Crippen LogP contribution in [0.3, 0.4) is 0 Å². The van der Waals surface area contributed by atoms with Crippen molar-refractivity contribution in [3.63, 3.8) is 0 Å². The van der Waals surface area contributed by atoms with Gasteiger partial charge in [0.1, 0.15) is 0 Å². The Balaban J connectivity index is 1.65. The quantitative estimate of drug-likeness (QED) is 0.548. The van der Waals surface area contributed by atoms with Crippen LogP contribution in [0, 0.1) is 17.3 Å². The predicted molar refractivity (Wildman–Crippen MR) is 110 cm³/mol. The molecule has 1 heterocycles. The lowest BCUT2D eigenvalue weighted by Crippen LogP contribution is -2.64. The van der Waals surface area contributed by atoms with Crippen molar-refractivity contribution >= 4 is 15.8 Å². The van der Waals surface area contributed by atoms with Crippen LogP contribution in [0.4, 0.5) is 0 Å². The third kappa shape index (κ3) is 4.97. The third-order valence-corrected chi connectivity index (χ3v) is 8.88. The molecular weight excluding hydrogens is 362 g/mol. The lowest BCUT2D eigenvalue weighted by atomic mass is 9.64. The molecule has 2 aliphatic carbocycles. The zero-order valence-corrected chi connectivity index (χ0v) is 18.1. The first kappa shape index (κ1) is 20.9. The summed E-state index contributed by atoms with van der Waals surface area (Å²) in [5.41, 5.74) is 0.0616. The Morgan fingerprint density at radius 2 is 1.93 bits per heavy atom. The minimum Gasteiger partial charge on any atom is -0.381 e. The van der Waals surface area contributed by atoms with Gasteiger partial charge in [-0.1, -0.05) is 33.6 Å². The number of rotatable bonds is 5. The maximum Gasteiger partial charge on any atom is 0.191 e. The fraction of sp³-hybridized carbons (Fsp3) is 0.950. The van der Waals surface area contributed by atoms with E-state index in [2.05, 4.69) is 31.4 Å². The highest BCUT2D eigenvalue weighted by molar-refractivity contribution is 7.91. The van der Waals surface area contributed by atoms with E-state index in [1.54, 1.807) is 7.11 Å². The Hall–Kier alpha value is -0.820. The van der Waals surface area contributed by atoms with Crippen molar-refractivity contribution in [3.8, 4) is 0 Å². The molecule has 0 aromatic carbocycles. The summed E-state index contributed by atoms with van der Waals surface area (Å²) in [6.45, 7) is 7.35. The Morgan fingerprint density at radius 1 is 1.19 bits per heavy atom. The Labute approximate surface area is 164 Å². The molecule has 7 heteroatoms. The van der Waals surface area contributed by atoms with Gasteiger partial charge in [0.05, 0.1) is 17.6 Å². The van der Waals surface area contributed by atoms with Gasteiger partial charge in [-0.15, -0.1) is 0 Å². The van der Waals surface area contributed by atoms with Crippen LogP contribution < -0.4 is 10.6 Å². The molecule has 27 heavy (non-hydrogen) atoms. The van der Waals surface area contributed by atoms with E-state index in [9.17, 15) is 8.42 Å². The molecule has 3 rings (SSSR count). The highest BCUT2D eigenvalue weighted by Crippen LogP contribution is 2.42. The standard InChI is InChI=1S/C20H37N3O3S/c1-14-7-5-6-8-16(14)22-19(21-12-15-9-10-27(24,25)13-15)23-17-11-18(26-4)20(17,2)3/h14-18H,5-13H2,1-4H3,(H2,21,22,23). The first-order chi connectivity index (χ1) is 12.7. The molecule has 6 nitrogen and oxygen atoms in total. The highest BCUT2D eigenvalue weighted by Gasteiger charge is 2.49. The first-order valence-electron chi connectivity index (χ1n) is 10.5. The molecule has 1 aliphatic heterocycles. The predicted octanol–water partition coefficient (Wildman–Crippen LogP) is 2.35. The van der Waals surface area contributed by atoms with Gasteiger partial charge in [0.25, 0.3) is 0 Å². The first-order valence-corrected chi connectivity index (χ1v) is 12.3. The van der Waals surface area contributed by atoms with E-state index in [0.29, 0.717) is 30.3 Å². The molecule has 3 aliphatic rings. The summed E-state index contributed by atoms with van der Waals surface area (Å²) in [4.78, 5) is 4.83. The minimum atomic E-state index is -2.85. The van der Waals surface area contributed by atoms with E-state index in [4.69, 9.17) is 9.73 Å². The molecule has 0 aromatic heterocycles. The fourth-order valence-electron chi connectivity index (χ4n) is 4.77. The average molecular weight is 400 g/mol. The molecule has 156 valence electrons. The molecule has 0 radical (unpaired) electrons. The van der Waals surface area contributed by atoms with E-state index in [-0.39, 0.29) is 23.2 Å². The van der Waals surface area contributed by atoms with Gasteiger partial charge < -0.3 is 15.4 Å². The monoisotopic (exact) mass is 399 g/mol. The number of guanidine groups is 1. The molecule has 5 unspecified atom stereocenters. The van der Waals surface area contributed by atoms with Crippen LogP contribution in [0.2, 0.25) is 0 Å². The van der Waals surface area contributed by atoms with Gasteiger partial charge in [-0.3, -0.25) is 4.99 Å². The van der Waals surface area contributed by atoms with Gasteiger partial charge in [-0.25, -0.2) is 8.42 Å². The van der Waals surface area contributed by atoms with Gasteiger partial charge in [-0.2, -0.15) is 0 Å². The van der Waals surface area contributed by atoms with Crippen molar-refractivity contribution in [1.29, 1.82) is 0 Å². The molecule has 2 saturated carbocycles. The molecule has 0 aromatic rings. The number of ether oxygens (including phenoxy) is 1. The van der Waals surface area contributed by atoms with Gasteiger partial charge in [0.2, 0.25) is 0 Å². The molecule has 0 amide bonds. The third-order valence-electron chi connectivity index (χ3n) is 7.04. The zero-order chi connectivity index (χ0) is 19.7. The number of nitrogens with one attached hydrogen (secondary N) is 2. The zero-order valence-electron chi connectivity index (χ0n) is 17.3. The summed E-state index contributed by atoms with van der Waals surface area (Å²) >= 11 is 0. The number of hydrogen-bond donors (Lipinski definition) is 2. The minimum absolute atomic E-state index is 0.0616. The average Bonchev–Trinajstić information content (AvgIpc) is 2.96. The summed E-state index contributed by atoms with van der Waals surface area (Å²) in [6, 6.07) is 0.763. The molecule has 3 fully saturated rings. The molecular formula is C20H37N3O3S. The van der Waals surface area contributed by atoms with Crippen molar-refractivity contribution < 1.29 is 13.2 Å². The Morgan fingerprint density at radius 3 is 2.52 bits per heavy atom. The van der Waals surface area contributed by atoms with Gasteiger partial charge in [0.15, 0.2) is 15.8 Å². The van der Waals surface area contributed by atoms with Crippen molar-refractivity contribution in [2.75, 3.05) is 25.2 Å². The van der Waals surface area contributed by atoms with Crippen molar-refractivity contribution in [2.24, 2.45) is 22.2 Å². The fourth-order valence-corrected chi connectivity index (χ4v) is 6.62. The lowest BCUT2D eigenvalue weighted by Gasteiger charge is -2.51. The van der Waals surface area contributed by atoms with Crippen LogP contribution in [-0.2, 0) is 14.6 Å². The summed E-state index contributed by atoms with van der Waals surface area (Å²) in [7, 11) is -1.07. The molecule has 0 bridgehead atoms. The number of sulfone groups is 1. The van der Waals surface area contributed by atoms with E-state index < -0.39 is 9.84 Å². The highest BCUT2D eigenvalue weighted by atomic mass is 32.2. The maximum atomic E-state index is 11.7. The summed E-state index contributed by atoms with van der Waals surface area (Å²) in [5, 5.41) is 7.30. The summed E-state index contributed by atoms with van der Waals surface area (Å²) < 4.78 is 29.1. The van der Waals surface area contributed by atoms with Crippen molar-refractivity contribution in [2.45, 2.75) is 77.5 Å². The molecule has 1 saturated heterocycles. The van der Waals surface area contributed by atoms with Gasteiger partial charge in [-0.05, 0) is 37.5 Å². The molecule has 0 spiro atoms. The van der Waals surface area contributed by atoms with E-state index in [0.717, 1.165) is 18.8 Å². The van der Waals surface area contributed by atoms with Gasteiger partial charge >= 0.3 is 0 Å². The number of aliphatic imine (C=N–C) groups is 1. The Kier molecular flexibility index (Phi) is 6.41. The number of hydrogen-bond acceptors (Lipinski definition) is 4. The largest absolute Gasteiger partial charge is 0.381 e. The normalized spacial score (nSPS) is 38.2. The van der Waals surface area contributed by atoms with Crippen LogP contribution in [-0.4, -0.2) is 57.7 Å². The Bertz CT molecular complexity index is 647. The second kappa shape index (κ2) is 8.27. The lowest BCUT2D eigenvalue weighted by molar-refractivity contribution is -0.0923. The van der Waals surface area contributed by atoms with Crippen LogP contribution in [0.15, 0.2) is 4.99 Å². The number of nitrogens with zero attached hydrogens (tertiary/aromatic N) is 1. The summed E-state index contributed by atoms with van der Waals surface area (Å²) in [5.74, 6) is 2.24. The van der Waals surface area contributed by atoms with Crippen molar-refractivity contribution in [1.82, 2.24) is 10.6 Å². The van der Waals surface area contributed by atoms with Crippen LogP contribution in [0.25, 0.3) is 0 Å². The van der Waals surface area contributed by atoms with Crippen LogP contribution >= 0.6 is 0 Å².